The number of hydrogen-bond donors (Lipinski definition) is 1. The number of benzene rings is 2. The third-order valence-electron chi connectivity index (χ3n) is 5.82. The van der Waals surface area contributed by atoms with Gasteiger partial charge in [-0.05, 0) is 54.3 Å². The number of methoxy groups -OCH3 is 3. The van der Waals surface area contributed by atoms with Crippen LogP contribution in [-0.4, -0.2) is 62.8 Å². The van der Waals surface area contributed by atoms with Gasteiger partial charge in [0.1, 0.15) is 11.5 Å². The Balaban J connectivity index is 2.12. The maximum atomic E-state index is 13.2. The van der Waals surface area contributed by atoms with Crippen LogP contribution < -0.4 is 14.2 Å². The molecule has 0 bridgehead atoms. The largest absolute Gasteiger partial charge is 0.507 e. The number of amides is 1. The molecule has 2 aromatic rings. The predicted molar refractivity (Wildman–Crippen MR) is 132 cm³/mol. The number of aliphatic hydroxyl groups is 1. The summed E-state index contributed by atoms with van der Waals surface area (Å²) in [6, 6.07) is 9.54. The third kappa shape index (κ3) is 5.43. The number of ether oxygens (including phenoxy) is 4. The zero-order valence-corrected chi connectivity index (χ0v) is 21.1. The highest BCUT2D eigenvalue weighted by Gasteiger charge is 2.46. The molecule has 0 saturated carbocycles. The van der Waals surface area contributed by atoms with Gasteiger partial charge >= 0.3 is 0 Å². The first-order valence-electron chi connectivity index (χ1n) is 11.5. The number of carbonyl (C=O) groups excluding carboxylic acids is 2. The molecular weight excluding hydrogens is 450 g/mol. The van der Waals surface area contributed by atoms with Gasteiger partial charge in [0.2, 0.25) is 0 Å². The Labute approximate surface area is 206 Å². The molecule has 188 valence electrons. The van der Waals surface area contributed by atoms with Crippen molar-refractivity contribution in [3.05, 3.63) is 58.7 Å². The second kappa shape index (κ2) is 11.3. The number of aliphatic hydroxyl groups excluding tert-OH is 1. The first-order valence-corrected chi connectivity index (χ1v) is 11.5. The summed E-state index contributed by atoms with van der Waals surface area (Å²) in [4.78, 5) is 27.6. The number of aryl methyl sites for hydroxylation is 1. The minimum atomic E-state index is -0.817. The van der Waals surface area contributed by atoms with Gasteiger partial charge in [0.15, 0.2) is 11.5 Å². The van der Waals surface area contributed by atoms with Crippen molar-refractivity contribution < 1.29 is 33.6 Å². The zero-order chi connectivity index (χ0) is 25.7. The van der Waals surface area contributed by atoms with Crippen molar-refractivity contribution in [1.29, 1.82) is 0 Å². The van der Waals surface area contributed by atoms with Crippen molar-refractivity contribution in [2.24, 2.45) is 5.92 Å². The van der Waals surface area contributed by atoms with Crippen molar-refractivity contribution in [2.45, 2.75) is 26.8 Å². The molecule has 1 aliphatic heterocycles. The molecule has 1 amide bonds. The Morgan fingerprint density at radius 2 is 1.69 bits per heavy atom. The van der Waals surface area contributed by atoms with Crippen molar-refractivity contribution in [3.63, 3.8) is 0 Å². The predicted octanol–water partition coefficient (Wildman–Crippen LogP) is 4.12. The van der Waals surface area contributed by atoms with Gasteiger partial charge in [-0.3, -0.25) is 9.59 Å². The minimum Gasteiger partial charge on any atom is -0.507 e. The van der Waals surface area contributed by atoms with E-state index in [-0.39, 0.29) is 24.5 Å². The molecule has 1 atom stereocenters. The number of likely N-dealkylation sites (tertiary alicyclic amines) is 1. The van der Waals surface area contributed by atoms with E-state index < -0.39 is 17.7 Å². The minimum absolute atomic E-state index is 0.00794. The summed E-state index contributed by atoms with van der Waals surface area (Å²) in [5.74, 6) is 0.330. The van der Waals surface area contributed by atoms with Gasteiger partial charge in [0.25, 0.3) is 11.7 Å². The summed E-state index contributed by atoms with van der Waals surface area (Å²) in [6.07, 6.45) is 0. The van der Waals surface area contributed by atoms with Crippen molar-refractivity contribution in [1.82, 2.24) is 4.90 Å². The van der Waals surface area contributed by atoms with E-state index in [4.69, 9.17) is 18.9 Å². The number of hydrogen-bond acceptors (Lipinski definition) is 7. The quantitative estimate of drug-likeness (QED) is 0.309. The third-order valence-corrected chi connectivity index (χ3v) is 5.82. The molecule has 0 radical (unpaired) electrons. The fourth-order valence-electron chi connectivity index (χ4n) is 4.04. The van der Waals surface area contributed by atoms with E-state index in [1.807, 2.05) is 6.92 Å². The molecule has 8 heteroatoms. The number of rotatable bonds is 10. The Morgan fingerprint density at radius 1 is 1.00 bits per heavy atom. The molecule has 1 fully saturated rings. The second-order valence-electron chi connectivity index (χ2n) is 8.78. The number of nitrogens with zero attached hydrogens (tertiary/aromatic N) is 1. The molecule has 0 aliphatic carbocycles. The van der Waals surface area contributed by atoms with E-state index in [0.717, 1.165) is 5.56 Å². The van der Waals surface area contributed by atoms with Gasteiger partial charge < -0.3 is 29.0 Å². The van der Waals surface area contributed by atoms with Gasteiger partial charge in [0, 0.05) is 19.2 Å². The summed E-state index contributed by atoms with van der Waals surface area (Å²) >= 11 is 0. The van der Waals surface area contributed by atoms with Crippen LogP contribution in [0.5, 0.6) is 17.2 Å². The lowest BCUT2D eigenvalue weighted by Crippen LogP contribution is -2.32. The molecule has 3 rings (SSSR count). The van der Waals surface area contributed by atoms with E-state index in [9.17, 15) is 14.7 Å². The molecule has 0 aromatic heterocycles. The second-order valence-corrected chi connectivity index (χ2v) is 8.78. The van der Waals surface area contributed by atoms with Crippen LogP contribution in [0.15, 0.2) is 42.0 Å². The van der Waals surface area contributed by atoms with Gasteiger partial charge in [0.05, 0.1) is 39.0 Å². The van der Waals surface area contributed by atoms with E-state index in [0.29, 0.717) is 40.9 Å². The monoisotopic (exact) mass is 483 g/mol. The highest BCUT2D eigenvalue weighted by atomic mass is 16.5. The van der Waals surface area contributed by atoms with Crippen LogP contribution in [0.1, 0.15) is 36.6 Å². The average molecular weight is 484 g/mol. The van der Waals surface area contributed by atoms with Crippen LogP contribution in [0.2, 0.25) is 0 Å². The van der Waals surface area contributed by atoms with E-state index in [2.05, 4.69) is 13.8 Å². The smallest absolute Gasteiger partial charge is 0.295 e. The number of carbonyl (C=O) groups is 2. The molecule has 1 unspecified atom stereocenters. The molecule has 1 N–H and O–H groups in total. The lowest BCUT2D eigenvalue weighted by Gasteiger charge is -2.25. The first-order chi connectivity index (χ1) is 16.7. The Morgan fingerprint density at radius 3 is 2.29 bits per heavy atom. The van der Waals surface area contributed by atoms with E-state index in [1.54, 1.807) is 36.4 Å². The molecule has 1 heterocycles. The fourth-order valence-corrected chi connectivity index (χ4v) is 4.04. The molecule has 8 nitrogen and oxygen atoms in total. The van der Waals surface area contributed by atoms with Crippen LogP contribution in [0, 0.1) is 12.8 Å². The Kier molecular flexibility index (Phi) is 8.40. The Bertz CT molecular complexity index is 1120. The summed E-state index contributed by atoms with van der Waals surface area (Å²) < 4.78 is 21.7. The highest BCUT2D eigenvalue weighted by Crippen LogP contribution is 2.42. The number of Topliss-reactive ketones (excluding diaryl/α,β-unsaturated/α-hetero) is 1. The fraction of sp³-hybridized carbons (Fsp3) is 0.407. The molecule has 35 heavy (non-hydrogen) atoms. The number of ketones is 1. The SMILES string of the molecule is COCCN1C(=O)C(=O)/C(=C(/O)c2ccc(OCC(C)C)c(C)c2)C1c1ccc(OC)c(OC)c1. The van der Waals surface area contributed by atoms with Crippen LogP contribution in [0.3, 0.4) is 0 Å². The molecule has 2 aromatic carbocycles. The van der Waals surface area contributed by atoms with Crippen molar-refractivity contribution >= 4 is 17.4 Å². The standard InChI is InChI=1S/C27H33NO7/c1-16(2)15-35-20-9-8-19(13-17(20)3)25(29)23-24(28(11-12-32-4)27(31)26(23)30)18-7-10-21(33-5)22(14-18)34-6/h7-10,13-14,16,24,29H,11-12,15H2,1-6H3/b25-23+. The zero-order valence-electron chi connectivity index (χ0n) is 21.1. The maximum absolute atomic E-state index is 13.2. The average Bonchev–Trinajstić information content (AvgIpc) is 3.10. The van der Waals surface area contributed by atoms with Crippen LogP contribution in [0.25, 0.3) is 5.76 Å². The van der Waals surface area contributed by atoms with E-state index in [1.165, 1.54) is 26.2 Å². The summed E-state index contributed by atoms with van der Waals surface area (Å²) in [7, 11) is 4.56. The lowest BCUT2D eigenvalue weighted by atomic mass is 9.94. The van der Waals surface area contributed by atoms with Gasteiger partial charge in [-0.2, -0.15) is 0 Å². The van der Waals surface area contributed by atoms with Gasteiger partial charge in [-0.1, -0.05) is 19.9 Å². The topological polar surface area (TPSA) is 94.5 Å². The van der Waals surface area contributed by atoms with Gasteiger partial charge in [-0.15, -0.1) is 0 Å². The lowest BCUT2D eigenvalue weighted by molar-refractivity contribution is -0.140. The first kappa shape index (κ1) is 26.1. The highest BCUT2D eigenvalue weighted by molar-refractivity contribution is 6.46. The molecule has 0 spiro atoms. The molecular formula is C27H33NO7. The van der Waals surface area contributed by atoms with Crippen LogP contribution >= 0.6 is 0 Å². The molecule has 1 saturated heterocycles. The maximum Gasteiger partial charge on any atom is 0.295 e. The van der Waals surface area contributed by atoms with Gasteiger partial charge in [-0.25, -0.2) is 0 Å². The normalized spacial score (nSPS) is 17.2. The van der Waals surface area contributed by atoms with Crippen LogP contribution in [-0.2, 0) is 14.3 Å². The summed E-state index contributed by atoms with van der Waals surface area (Å²) in [5.41, 5.74) is 1.85. The molecule has 1 aliphatic rings. The summed E-state index contributed by atoms with van der Waals surface area (Å²) in [5, 5.41) is 11.3. The van der Waals surface area contributed by atoms with Crippen molar-refractivity contribution in [2.75, 3.05) is 41.1 Å². The Hall–Kier alpha value is -3.52. The van der Waals surface area contributed by atoms with E-state index >= 15 is 0 Å². The van der Waals surface area contributed by atoms with Crippen molar-refractivity contribution in [3.8, 4) is 17.2 Å². The van der Waals surface area contributed by atoms with Crippen LogP contribution in [0.4, 0.5) is 0 Å². The summed E-state index contributed by atoms with van der Waals surface area (Å²) in [6.45, 7) is 6.97.